The van der Waals surface area contributed by atoms with Gasteiger partial charge in [0.1, 0.15) is 6.20 Å². The lowest BCUT2D eigenvalue weighted by molar-refractivity contribution is -0.380. The monoisotopic (exact) mass is 261 g/mol. The van der Waals surface area contributed by atoms with Crippen LogP contribution < -0.4 is 5.32 Å². The molecule has 1 aliphatic heterocycles. The van der Waals surface area contributed by atoms with Gasteiger partial charge in [-0.05, 0) is 17.4 Å². The summed E-state index contributed by atoms with van der Waals surface area (Å²) in [5, 5.41) is 14.6. The minimum absolute atomic E-state index is 0.0413. The molecule has 0 amide bonds. The first-order valence-corrected chi connectivity index (χ1v) is 6.77. The van der Waals surface area contributed by atoms with Gasteiger partial charge < -0.3 is 5.32 Å². The SMILES string of the molecule is O=[N+]([O-])c1cnc(NC2C=CS(=O)(=O)C2)s1. The molecule has 0 spiro atoms. The van der Waals surface area contributed by atoms with E-state index in [4.69, 9.17) is 0 Å². The first-order chi connectivity index (χ1) is 7.46. The highest BCUT2D eigenvalue weighted by Gasteiger charge is 2.23. The molecule has 9 heteroatoms. The number of anilines is 1. The molecule has 0 saturated heterocycles. The highest BCUT2D eigenvalue weighted by atomic mass is 32.2. The van der Waals surface area contributed by atoms with Gasteiger partial charge in [0.2, 0.25) is 0 Å². The van der Waals surface area contributed by atoms with Crippen LogP contribution in [0.3, 0.4) is 0 Å². The van der Waals surface area contributed by atoms with Crippen LogP contribution in [0.1, 0.15) is 0 Å². The Morgan fingerprint density at radius 2 is 2.38 bits per heavy atom. The number of nitro groups is 1. The Morgan fingerprint density at radius 3 is 2.88 bits per heavy atom. The van der Waals surface area contributed by atoms with Crippen LogP contribution in [0, 0.1) is 10.1 Å². The first-order valence-electron chi connectivity index (χ1n) is 4.24. The zero-order valence-corrected chi connectivity index (χ0v) is 9.49. The number of rotatable bonds is 3. The van der Waals surface area contributed by atoms with Crippen molar-refractivity contribution in [1.29, 1.82) is 0 Å². The lowest BCUT2D eigenvalue weighted by Crippen LogP contribution is -2.20. The van der Waals surface area contributed by atoms with Gasteiger partial charge in [0.15, 0.2) is 15.0 Å². The van der Waals surface area contributed by atoms with Crippen molar-refractivity contribution in [2.45, 2.75) is 6.04 Å². The standard InChI is InChI=1S/C7H7N3O4S2/c11-10(12)6-3-8-7(15-6)9-5-1-2-16(13,14)4-5/h1-3,5H,4H2,(H,8,9). The van der Waals surface area contributed by atoms with Gasteiger partial charge in [-0.3, -0.25) is 10.1 Å². The smallest absolute Gasteiger partial charge is 0.345 e. The third-order valence-electron chi connectivity index (χ3n) is 1.91. The average Bonchev–Trinajstić information content (AvgIpc) is 2.73. The maximum atomic E-state index is 11.1. The number of aromatic nitrogens is 1. The molecule has 16 heavy (non-hydrogen) atoms. The molecule has 1 aromatic heterocycles. The fourth-order valence-electron chi connectivity index (χ4n) is 1.24. The number of thiazole rings is 1. The van der Waals surface area contributed by atoms with Gasteiger partial charge in [-0.1, -0.05) is 0 Å². The molecule has 1 aromatic rings. The van der Waals surface area contributed by atoms with Crippen molar-refractivity contribution in [3.05, 3.63) is 27.8 Å². The topological polar surface area (TPSA) is 102 Å². The van der Waals surface area contributed by atoms with E-state index < -0.39 is 14.8 Å². The Morgan fingerprint density at radius 1 is 1.62 bits per heavy atom. The van der Waals surface area contributed by atoms with Crippen molar-refractivity contribution in [2.24, 2.45) is 0 Å². The summed E-state index contributed by atoms with van der Waals surface area (Å²) in [4.78, 5) is 13.6. The molecular formula is C7H7N3O4S2. The molecule has 2 rings (SSSR count). The van der Waals surface area contributed by atoms with Gasteiger partial charge in [-0.15, -0.1) is 0 Å². The van der Waals surface area contributed by atoms with E-state index in [1.54, 1.807) is 0 Å². The van der Waals surface area contributed by atoms with Crippen LogP contribution in [-0.4, -0.2) is 30.1 Å². The Kier molecular flexibility index (Phi) is 2.64. The van der Waals surface area contributed by atoms with Gasteiger partial charge in [0.25, 0.3) is 0 Å². The molecule has 0 fully saturated rings. The number of nitrogens with one attached hydrogen (secondary N) is 1. The number of hydrogen-bond acceptors (Lipinski definition) is 7. The number of sulfone groups is 1. The molecular weight excluding hydrogens is 254 g/mol. The quantitative estimate of drug-likeness (QED) is 0.637. The van der Waals surface area contributed by atoms with Crippen molar-refractivity contribution in [3.63, 3.8) is 0 Å². The fourth-order valence-corrected chi connectivity index (χ4v) is 3.17. The maximum Gasteiger partial charge on any atom is 0.345 e. The second-order valence-electron chi connectivity index (χ2n) is 3.17. The zero-order valence-electron chi connectivity index (χ0n) is 7.86. The second kappa shape index (κ2) is 3.83. The van der Waals surface area contributed by atoms with Gasteiger partial charge in [0, 0.05) is 5.41 Å². The summed E-state index contributed by atoms with van der Waals surface area (Å²) in [5.74, 6) is -0.0413. The van der Waals surface area contributed by atoms with Gasteiger partial charge in [0.05, 0.1) is 16.7 Å². The molecule has 0 radical (unpaired) electrons. The Hall–Kier alpha value is -1.48. The molecule has 1 unspecified atom stereocenters. The van der Waals surface area contributed by atoms with Crippen LogP contribution >= 0.6 is 11.3 Å². The molecule has 0 aliphatic carbocycles. The third-order valence-corrected chi connectivity index (χ3v) is 4.19. The van der Waals surface area contributed by atoms with E-state index in [1.807, 2.05) is 0 Å². The lowest BCUT2D eigenvalue weighted by Gasteiger charge is -2.06. The predicted octanol–water partition coefficient (Wildman–Crippen LogP) is 0.774. The fraction of sp³-hybridized carbons (Fsp3) is 0.286. The molecule has 7 nitrogen and oxygen atoms in total. The van der Waals surface area contributed by atoms with Gasteiger partial charge in [-0.2, -0.15) is 0 Å². The van der Waals surface area contributed by atoms with Gasteiger partial charge >= 0.3 is 5.00 Å². The lowest BCUT2D eigenvalue weighted by atomic mass is 10.3. The van der Waals surface area contributed by atoms with Crippen molar-refractivity contribution in [2.75, 3.05) is 11.1 Å². The minimum Gasteiger partial charge on any atom is -0.354 e. The molecule has 0 saturated carbocycles. The van der Waals surface area contributed by atoms with E-state index in [0.717, 1.165) is 22.9 Å². The van der Waals surface area contributed by atoms with E-state index in [9.17, 15) is 18.5 Å². The summed E-state index contributed by atoms with van der Waals surface area (Å²) in [7, 11) is -3.13. The van der Waals surface area contributed by atoms with Crippen molar-refractivity contribution < 1.29 is 13.3 Å². The Labute approximate surface area is 94.9 Å². The zero-order chi connectivity index (χ0) is 11.8. The van der Waals surface area contributed by atoms with E-state index in [1.165, 1.54) is 6.08 Å². The summed E-state index contributed by atoms with van der Waals surface area (Å²) in [5.41, 5.74) is 0. The van der Waals surface area contributed by atoms with Crippen molar-refractivity contribution in [1.82, 2.24) is 4.98 Å². The normalized spacial score (nSPS) is 22.1. The highest BCUT2D eigenvalue weighted by Crippen LogP contribution is 2.26. The van der Waals surface area contributed by atoms with Crippen LogP contribution in [0.5, 0.6) is 0 Å². The summed E-state index contributed by atoms with van der Waals surface area (Å²) in [6, 6.07) is -0.365. The maximum absolute atomic E-state index is 11.1. The molecule has 2 heterocycles. The summed E-state index contributed by atoms with van der Waals surface area (Å²) in [6.07, 6.45) is 2.64. The van der Waals surface area contributed by atoms with Crippen LogP contribution in [0.25, 0.3) is 0 Å². The average molecular weight is 261 g/mol. The van der Waals surface area contributed by atoms with Crippen molar-refractivity contribution in [3.8, 4) is 0 Å². The van der Waals surface area contributed by atoms with Crippen molar-refractivity contribution >= 4 is 31.3 Å². The summed E-state index contributed by atoms with van der Waals surface area (Å²) < 4.78 is 22.2. The van der Waals surface area contributed by atoms with Crippen LogP contribution in [-0.2, 0) is 9.84 Å². The molecule has 1 atom stereocenters. The molecule has 1 N–H and O–H groups in total. The first kappa shape index (κ1) is 11.0. The summed E-state index contributed by atoms with van der Waals surface area (Å²) in [6.45, 7) is 0. The predicted molar refractivity (Wildman–Crippen MR) is 59.1 cm³/mol. The van der Waals surface area contributed by atoms with E-state index in [-0.39, 0.29) is 16.8 Å². The van der Waals surface area contributed by atoms with Gasteiger partial charge in [-0.25, -0.2) is 13.4 Å². The number of hydrogen-bond donors (Lipinski definition) is 1. The Balaban J connectivity index is 2.06. The van der Waals surface area contributed by atoms with E-state index >= 15 is 0 Å². The molecule has 1 aliphatic rings. The van der Waals surface area contributed by atoms with Crippen LogP contribution in [0.2, 0.25) is 0 Å². The summed E-state index contributed by atoms with van der Waals surface area (Å²) >= 11 is 0.878. The highest BCUT2D eigenvalue weighted by molar-refractivity contribution is 7.94. The van der Waals surface area contributed by atoms with Crippen LogP contribution in [0.4, 0.5) is 10.1 Å². The minimum atomic E-state index is -3.13. The largest absolute Gasteiger partial charge is 0.354 e. The Bertz CT molecular complexity index is 548. The van der Waals surface area contributed by atoms with Crippen LogP contribution in [0.15, 0.2) is 17.7 Å². The van der Waals surface area contributed by atoms with E-state index in [0.29, 0.717) is 5.13 Å². The molecule has 0 bridgehead atoms. The number of nitrogens with zero attached hydrogens (tertiary/aromatic N) is 2. The third kappa shape index (κ3) is 2.36. The molecule has 86 valence electrons. The second-order valence-corrected chi connectivity index (χ2v) is 6.11. The molecule has 0 aromatic carbocycles. The van der Waals surface area contributed by atoms with E-state index in [2.05, 4.69) is 10.3 Å².